The third kappa shape index (κ3) is 6.97. The minimum absolute atomic E-state index is 0.115. The molecule has 0 radical (unpaired) electrons. The molecule has 31 heavy (non-hydrogen) atoms. The Kier molecular flexibility index (Phi) is 8.16. The maximum absolute atomic E-state index is 12.3. The van der Waals surface area contributed by atoms with Gasteiger partial charge >= 0.3 is 7.60 Å². The third-order valence-electron chi connectivity index (χ3n) is 5.05. The number of rotatable bonds is 10. The highest BCUT2D eigenvalue weighted by atomic mass is 32.2. The van der Waals surface area contributed by atoms with Crippen LogP contribution in [0.1, 0.15) is 48.9 Å². The first-order chi connectivity index (χ1) is 14.4. The fraction of sp³-hybridized carbons (Fsp3) is 0.429. The zero-order valence-electron chi connectivity index (χ0n) is 18.4. The predicted octanol–water partition coefficient (Wildman–Crippen LogP) is 4.66. The lowest BCUT2D eigenvalue weighted by Crippen LogP contribution is -2.10. The van der Waals surface area contributed by atoms with E-state index in [1.165, 1.54) is 6.07 Å². The second-order valence-electron chi connectivity index (χ2n) is 7.63. The van der Waals surface area contributed by atoms with Crippen molar-refractivity contribution >= 4 is 23.3 Å². The molecule has 0 saturated carbocycles. The lowest BCUT2D eigenvalue weighted by atomic mass is 9.95. The third-order valence-corrected chi connectivity index (χ3v) is 7.58. The van der Waals surface area contributed by atoms with Gasteiger partial charge in [-0.1, -0.05) is 24.6 Å². The summed E-state index contributed by atoms with van der Waals surface area (Å²) in [5, 5.41) is 9.91. The molecule has 0 aliphatic carbocycles. The van der Waals surface area contributed by atoms with Crippen molar-refractivity contribution in [1.82, 2.24) is 0 Å². The number of sulfonamides is 1. The van der Waals surface area contributed by atoms with E-state index in [-0.39, 0.29) is 11.4 Å². The molecule has 0 fully saturated rings. The summed E-state index contributed by atoms with van der Waals surface area (Å²) in [7, 11) is -7.42. The molecule has 3 N–H and O–H groups in total. The van der Waals surface area contributed by atoms with Crippen molar-refractivity contribution in [3.8, 4) is 11.5 Å². The Bertz CT molecular complexity index is 1060. The zero-order valence-corrected chi connectivity index (χ0v) is 20.1. The highest BCUT2D eigenvalue weighted by molar-refractivity contribution is 7.92. The molecular formula is C21H30NO7PS. The number of phenols is 1. The number of anilines is 1. The Morgan fingerprint density at radius 1 is 1.10 bits per heavy atom. The molecule has 1 unspecified atom stereocenters. The first-order valence-electron chi connectivity index (χ1n) is 9.94. The Morgan fingerprint density at radius 3 is 2.19 bits per heavy atom. The van der Waals surface area contributed by atoms with Crippen LogP contribution < -0.4 is 9.61 Å². The number of nitrogens with one attached hydrogen (secondary N) is 1. The van der Waals surface area contributed by atoms with E-state index < -0.39 is 23.3 Å². The largest absolute Gasteiger partial charge is 0.506 e. The Morgan fingerprint density at radius 2 is 1.68 bits per heavy atom. The van der Waals surface area contributed by atoms with Crippen LogP contribution in [0.25, 0.3) is 0 Å². The van der Waals surface area contributed by atoms with E-state index >= 15 is 0 Å². The van der Waals surface area contributed by atoms with E-state index in [9.17, 15) is 23.0 Å². The van der Waals surface area contributed by atoms with Crippen molar-refractivity contribution in [2.24, 2.45) is 0 Å². The van der Waals surface area contributed by atoms with Crippen LogP contribution in [0, 0.1) is 13.8 Å². The van der Waals surface area contributed by atoms with Crippen molar-refractivity contribution in [1.29, 1.82) is 0 Å². The quantitative estimate of drug-likeness (QED) is 0.199. The number of phenolic OH excluding ortho intramolecular Hbond substituents is 1. The minimum Gasteiger partial charge on any atom is -0.506 e. The van der Waals surface area contributed by atoms with E-state index in [2.05, 4.69) is 4.72 Å². The summed E-state index contributed by atoms with van der Waals surface area (Å²) in [4.78, 5) is 15.3. The summed E-state index contributed by atoms with van der Waals surface area (Å²) in [5.74, 6) is 0.165. The summed E-state index contributed by atoms with van der Waals surface area (Å²) < 4.78 is 42.5. The minimum atomic E-state index is -3.89. The molecule has 0 aliphatic rings. The lowest BCUT2D eigenvalue weighted by Gasteiger charge is -2.19. The molecule has 10 heteroatoms. The van der Waals surface area contributed by atoms with Crippen molar-refractivity contribution in [3.05, 3.63) is 52.6 Å². The predicted molar refractivity (Wildman–Crippen MR) is 121 cm³/mol. The molecule has 0 spiro atoms. The summed E-state index contributed by atoms with van der Waals surface area (Å²) in [6.07, 6.45) is 2.52. The Labute approximate surface area is 183 Å². The van der Waals surface area contributed by atoms with Crippen LogP contribution in [0.3, 0.4) is 0 Å². The van der Waals surface area contributed by atoms with Crippen molar-refractivity contribution in [2.75, 3.05) is 11.0 Å². The van der Waals surface area contributed by atoms with Crippen LogP contribution in [0.15, 0.2) is 30.3 Å². The molecule has 2 rings (SSSR count). The Balaban J connectivity index is 2.22. The van der Waals surface area contributed by atoms with Gasteiger partial charge in [-0.15, -0.1) is 0 Å². The maximum atomic E-state index is 12.3. The van der Waals surface area contributed by atoms with E-state index in [1.807, 2.05) is 27.7 Å². The molecular weight excluding hydrogens is 441 g/mol. The first-order valence-corrected chi connectivity index (χ1v) is 13.5. The van der Waals surface area contributed by atoms with Crippen LogP contribution in [-0.4, -0.2) is 30.3 Å². The topological polar surface area (TPSA) is 122 Å². The second kappa shape index (κ2) is 10.0. The van der Waals surface area contributed by atoms with E-state index in [0.717, 1.165) is 28.5 Å². The van der Waals surface area contributed by atoms with Gasteiger partial charge in [-0.2, -0.15) is 0 Å². The molecule has 2 aromatic rings. The van der Waals surface area contributed by atoms with E-state index in [4.69, 9.17) is 9.56 Å². The number of hydrogen-bond acceptors (Lipinski definition) is 6. The molecule has 0 bridgehead atoms. The lowest BCUT2D eigenvalue weighted by molar-refractivity contribution is -0.111. The summed E-state index contributed by atoms with van der Waals surface area (Å²) >= 11 is 0. The summed E-state index contributed by atoms with van der Waals surface area (Å²) in [5.41, 5.74) is 3.16. The van der Waals surface area contributed by atoms with Crippen LogP contribution >= 0.6 is 7.60 Å². The number of hydrogen-bond donors (Lipinski definition) is 3. The SMILES string of the molecule is CCC(CC)P(=O)(O)OOc1cc(C)c(Cc2ccc(O)c(NS(C)(=O)=O)c2)c(C)c1. The molecule has 1 atom stereocenters. The maximum Gasteiger partial charge on any atom is 0.369 e. The normalized spacial score (nSPS) is 13.8. The van der Waals surface area contributed by atoms with Gasteiger partial charge in [-0.3, -0.25) is 9.29 Å². The van der Waals surface area contributed by atoms with Crippen molar-refractivity contribution < 1.29 is 32.5 Å². The molecule has 0 saturated heterocycles. The van der Waals surface area contributed by atoms with Gasteiger partial charge in [0.15, 0.2) is 5.75 Å². The monoisotopic (exact) mass is 471 g/mol. The van der Waals surface area contributed by atoms with Gasteiger partial charge in [0.2, 0.25) is 10.0 Å². The fourth-order valence-corrected chi connectivity index (χ4v) is 5.17. The van der Waals surface area contributed by atoms with Crippen LogP contribution in [0.2, 0.25) is 0 Å². The van der Waals surface area contributed by atoms with E-state index in [1.54, 1.807) is 24.3 Å². The van der Waals surface area contributed by atoms with E-state index in [0.29, 0.717) is 25.0 Å². The van der Waals surface area contributed by atoms with Crippen LogP contribution in [0.5, 0.6) is 11.5 Å². The van der Waals surface area contributed by atoms with Gasteiger partial charge in [-0.05, 0) is 79.6 Å². The zero-order chi connectivity index (χ0) is 23.4. The molecule has 2 aromatic carbocycles. The van der Waals surface area contributed by atoms with Gasteiger partial charge < -0.3 is 14.9 Å². The summed E-state index contributed by atoms with van der Waals surface area (Å²) in [6, 6.07) is 8.17. The molecule has 0 amide bonds. The van der Waals surface area contributed by atoms with Crippen molar-refractivity contribution in [3.63, 3.8) is 0 Å². The highest BCUT2D eigenvalue weighted by Gasteiger charge is 2.31. The molecule has 0 aromatic heterocycles. The second-order valence-corrected chi connectivity index (χ2v) is 11.4. The number of aryl methyl sites for hydroxylation is 2. The highest BCUT2D eigenvalue weighted by Crippen LogP contribution is 2.50. The Hall–Kier alpha value is -2.06. The fourth-order valence-electron chi connectivity index (χ4n) is 3.37. The standard InChI is InChI=1S/C21H30NO7PS/c1-6-18(7-2)30(24,25)29-28-17-10-14(3)19(15(4)11-17)12-16-8-9-21(23)20(13-16)22-31(5,26)27/h8-11,13,18,22-23H,6-7,12H2,1-5H3,(H,24,25). The van der Waals surface area contributed by atoms with Gasteiger partial charge in [0.25, 0.3) is 0 Å². The van der Waals surface area contributed by atoms with Gasteiger partial charge in [0, 0.05) is 0 Å². The van der Waals surface area contributed by atoms with Gasteiger partial charge in [-0.25, -0.2) is 8.42 Å². The summed E-state index contributed by atoms with van der Waals surface area (Å²) in [6.45, 7) is 7.41. The number of aromatic hydroxyl groups is 1. The van der Waals surface area contributed by atoms with Gasteiger partial charge in [0.1, 0.15) is 5.75 Å². The average molecular weight is 472 g/mol. The number of benzene rings is 2. The molecule has 0 heterocycles. The van der Waals surface area contributed by atoms with Gasteiger partial charge in [0.05, 0.1) is 17.6 Å². The van der Waals surface area contributed by atoms with Crippen LogP contribution in [-0.2, 0) is 25.7 Å². The van der Waals surface area contributed by atoms with Crippen molar-refractivity contribution in [2.45, 2.75) is 52.6 Å². The molecule has 172 valence electrons. The molecule has 8 nitrogen and oxygen atoms in total. The smallest absolute Gasteiger partial charge is 0.369 e. The average Bonchev–Trinajstić information content (AvgIpc) is 2.65. The first kappa shape index (κ1) is 25.2. The molecule has 0 aliphatic heterocycles. The van der Waals surface area contributed by atoms with Crippen LogP contribution in [0.4, 0.5) is 5.69 Å².